The molecule has 0 saturated heterocycles. The van der Waals surface area contributed by atoms with Gasteiger partial charge in [0.15, 0.2) is 5.78 Å². The Bertz CT molecular complexity index is 578. The summed E-state index contributed by atoms with van der Waals surface area (Å²) < 4.78 is 13.0. The Kier molecular flexibility index (Phi) is 3.25. The largest absolute Gasteiger partial charge is 0.289 e. The van der Waals surface area contributed by atoms with Gasteiger partial charge in [-0.15, -0.1) is 0 Å². The number of carbonyl (C=O) groups excluding carboxylic acids is 1. The number of ketones is 1. The molecule has 0 fully saturated rings. The Labute approximate surface area is 104 Å². The summed E-state index contributed by atoms with van der Waals surface area (Å²) in [5, 5.41) is 0.388. The molecule has 0 atom stereocenters. The van der Waals surface area contributed by atoms with Crippen LogP contribution in [0, 0.1) is 12.7 Å². The summed E-state index contributed by atoms with van der Waals surface area (Å²) in [7, 11) is 0. The van der Waals surface area contributed by atoms with Gasteiger partial charge in [-0.05, 0) is 36.8 Å². The van der Waals surface area contributed by atoms with Crippen LogP contribution in [0.5, 0.6) is 0 Å². The van der Waals surface area contributed by atoms with Crippen LogP contribution in [-0.2, 0) is 0 Å². The molecule has 1 nitrogen and oxygen atoms in total. The third kappa shape index (κ3) is 2.53. The number of halogens is 2. The standard InChI is InChI=1S/C14H10ClFO/c1-9-5-6-12(13(15)7-9)14(17)10-3-2-4-11(16)8-10/h2-8H,1H3. The first-order chi connectivity index (χ1) is 8.08. The van der Waals surface area contributed by atoms with Gasteiger partial charge in [-0.1, -0.05) is 29.8 Å². The minimum Gasteiger partial charge on any atom is -0.289 e. The first kappa shape index (κ1) is 11.8. The van der Waals surface area contributed by atoms with Crippen LogP contribution in [-0.4, -0.2) is 5.78 Å². The number of aryl methyl sites for hydroxylation is 1. The molecular formula is C14H10ClFO. The fourth-order valence-electron chi connectivity index (χ4n) is 1.59. The minimum absolute atomic E-state index is 0.269. The fourth-order valence-corrected chi connectivity index (χ4v) is 1.91. The molecule has 17 heavy (non-hydrogen) atoms. The maximum absolute atomic E-state index is 13.0. The maximum atomic E-state index is 13.0. The highest BCUT2D eigenvalue weighted by Gasteiger charge is 2.13. The zero-order valence-electron chi connectivity index (χ0n) is 9.21. The topological polar surface area (TPSA) is 17.1 Å². The van der Waals surface area contributed by atoms with Crippen molar-refractivity contribution in [2.45, 2.75) is 6.92 Å². The smallest absolute Gasteiger partial charge is 0.194 e. The quantitative estimate of drug-likeness (QED) is 0.734. The lowest BCUT2D eigenvalue weighted by Gasteiger charge is -2.04. The van der Waals surface area contributed by atoms with Crippen LogP contribution in [0.15, 0.2) is 42.5 Å². The zero-order chi connectivity index (χ0) is 12.4. The molecule has 0 spiro atoms. The zero-order valence-corrected chi connectivity index (χ0v) is 9.96. The molecule has 0 unspecified atom stereocenters. The van der Waals surface area contributed by atoms with Crippen molar-refractivity contribution in [3.63, 3.8) is 0 Å². The number of hydrogen-bond donors (Lipinski definition) is 0. The summed E-state index contributed by atoms with van der Waals surface area (Å²) in [4.78, 5) is 12.1. The van der Waals surface area contributed by atoms with Crippen molar-refractivity contribution in [3.05, 3.63) is 70.0 Å². The van der Waals surface area contributed by atoms with Crippen LogP contribution >= 0.6 is 11.6 Å². The average molecular weight is 249 g/mol. The summed E-state index contributed by atoms with van der Waals surface area (Å²) in [6.45, 7) is 1.89. The van der Waals surface area contributed by atoms with E-state index in [1.54, 1.807) is 24.3 Å². The Hall–Kier alpha value is -1.67. The van der Waals surface area contributed by atoms with E-state index in [1.165, 1.54) is 18.2 Å². The summed E-state index contributed by atoms with van der Waals surface area (Å²) in [6.07, 6.45) is 0. The van der Waals surface area contributed by atoms with Crippen LogP contribution in [0.1, 0.15) is 21.5 Å². The highest BCUT2D eigenvalue weighted by Crippen LogP contribution is 2.21. The number of benzene rings is 2. The van der Waals surface area contributed by atoms with Gasteiger partial charge in [-0.2, -0.15) is 0 Å². The van der Waals surface area contributed by atoms with Crippen molar-refractivity contribution in [2.75, 3.05) is 0 Å². The molecule has 0 aliphatic carbocycles. The maximum Gasteiger partial charge on any atom is 0.194 e. The molecule has 0 N–H and O–H groups in total. The number of rotatable bonds is 2. The first-order valence-electron chi connectivity index (χ1n) is 5.14. The molecule has 86 valence electrons. The van der Waals surface area contributed by atoms with Crippen molar-refractivity contribution in [1.29, 1.82) is 0 Å². The van der Waals surface area contributed by atoms with Gasteiger partial charge >= 0.3 is 0 Å². The van der Waals surface area contributed by atoms with E-state index in [9.17, 15) is 9.18 Å². The van der Waals surface area contributed by atoms with Gasteiger partial charge in [0, 0.05) is 11.1 Å². The molecule has 0 saturated carbocycles. The van der Waals surface area contributed by atoms with Crippen LogP contribution < -0.4 is 0 Å². The second-order valence-corrected chi connectivity index (χ2v) is 4.23. The predicted octanol–water partition coefficient (Wildman–Crippen LogP) is 4.02. The van der Waals surface area contributed by atoms with Crippen LogP contribution in [0.25, 0.3) is 0 Å². The Morgan fingerprint density at radius 1 is 1.18 bits per heavy atom. The lowest BCUT2D eigenvalue weighted by molar-refractivity contribution is 0.103. The summed E-state index contributed by atoms with van der Waals surface area (Å²) in [6, 6.07) is 10.8. The monoisotopic (exact) mass is 248 g/mol. The Morgan fingerprint density at radius 3 is 2.59 bits per heavy atom. The Balaban J connectivity index is 2.44. The summed E-state index contributed by atoms with van der Waals surface area (Å²) in [5.41, 5.74) is 1.67. The fraction of sp³-hybridized carbons (Fsp3) is 0.0714. The lowest BCUT2D eigenvalue weighted by Crippen LogP contribution is -2.02. The van der Waals surface area contributed by atoms with Gasteiger partial charge < -0.3 is 0 Å². The van der Waals surface area contributed by atoms with Crippen molar-refractivity contribution < 1.29 is 9.18 Å². The predicted molar refractivity (Wildman–Crippen MR) is 66.0 cm³/mol. The SMILES string of the molecule is Cc1ccc(C(=O)c2cccc(F)c2)c(Cl)c1. The van der Waals surface area contributed by atoms with E-state index in [-0.39, 0.29) is 5.78 Å². The molecule has 2 aromatic carbocycles. The number of hydrogen-bond acceptors (Lipinski definition) is 1. The third-order valence-electron chi connectivity index (χ3n) is 2.46. The molecule has 0 heterocycles. The highest BCUT2D eigenvalue weighted by atomic mass is 35.5. The molecule has 2 rings (SSSR count). The second-order valence-electron chi connectivity index (χ2n) is 3.82. The van der Waals surface area contributed by atoms with Gasteiger partial charge in [-0.3, -0.25) is 4.79 Å². The lowest BCUT2D eigenvalue weighted by atomic mass is 10.0. The molecule has 0 bridgehead atoms. The van der Waals surface area contributed by atoms with Gasteiger partial charge in [0.25, 0.3) is 0 Å². The molecule has 0 aliphatic heterocycles. The van der Waals surface area contributed by atoms with E-state index in [0.29, 0.717) is 16.1 Å². The molecule has 0 radical (unpaired) electrons. The second kappa shape index (κ2) is 4.68. The van der Waals surface area contributed by atoms with Gasteiger partial charge in [0.2, 0.25) is 0 Å². The first-order valence-corrected chi connectivity index (χ1v) is 5.52. The van der Waals surface area contributed by atoms with E-state index in [0.717, 1.165) is 5.56 Å². The van der Waals surface area contributed by atoms with Crippen molar-refractivity contribution >= 4 is 17.4 Å². The van der Waals surface area contributed by atoms with E-state index >= 15 is 0 Å². The van der Waals surface area contributed by atoms with Gasteiger partial charge in [-0.25, -0.2) is 4.39 Å². The van der Waals surface area contributed by atoms with Crippen molar-refractivity contribution in [3.8, 4) is 0 Å². The molecular weight excluding hydrogens is 239 g/mol. The van der Waals surface area contributed by atoms with Crippen molar-refractivity contribution in [1.82, 2.24) is 0 Å². The highest BCUT2D eigenvalue weighted by molar-refractivity contribution is 6.35. The van der Waals surface area contributed by atoms with E-state index in [2.05, 4.69) is 0 Å². The van der Waals surface area contributed by atoms with Crippen molar-refractivity contribution in [2.24, 2.45) is 0 Å². The number of carbonyl (C=O) groups is 1. The van der Waals surface area contributed by atoms with Gasteiger partial charge in [0.05, 0.1) is 5.02 Å². The van der Waals surface area contributed by atoms with Crippen LogP contribution in [0.2, 0.25) is 5.02 Å². The van der Waals surface area contributed by atoms with E-state index in [4.69, 9.17) is 11.6 Å². The van der Waals surface area contributed by atoms with Crippen LogP contribution in [0.3, 0.4) is 0 Å². The molecule has 0 aromatic heterocycles. The molecule has 0 amide bonds. The summed E-state index contributed by atoms with van der Waals surface area (Å²) in [5.74, 6) is -0.700. The van der Waals surface area contributed by atoms with E-state index in [1.807, 2.05) is 6.92 Å². The van der Waals surface area contributed by atoms with Crippen LogP contribution in [0.4, 0.5) is 4.39 Å². The van der Waals surface area contributed by atoms with E-state index < -0.39 is 5.82 Å². The average Bonchev–Trinajstić information content (AvgIpc) is 2.28. The molecule has 3 heteroatoms. The normalized spacial score (nSPS) is 10.3. The minimum atomic E-state index is -0.431. The summed E-state index contributed by atoms with van der Waals surface area (Å²) >= 11 is 6.00. The molecule has 0 aliphatic rings. The van der Waals surface area contributed by atoms with Gasteiger partial charge in [0.1, 0.15) is 5.82 Å². The Morgan fingerprint density at radius 2 is 1.94 bits per heavy atom. The molecule has 2 aromatic rings. The third-order valence-corrected chi connectivity index (χ3v) is 2.77.